The number of halogens is 1. The Kier molecular flexibility index (Phi) is 3.22. The number of hydroxylamine groups is 2. The van der Waals surface area contributed by atoms with Crippen LogP contribution < -0.4 is 5.73 Å². The van der Waals surface area contributed by atoms with Crippen molar-refractivity contribution in [2.24, 2.45) is 0 Å². The fourth-order valence-electron chi connectivity index (χ4n) is 1.02. The summed E-state index contributed by atoms with van der Waals surface area (Å²) in [6.07, 6.45) is 0. The van der Waals surface area contributed by atoms with Gasteiger partial charge in [0.25, 0.3) is 0 Å². The molecule has 13 heavy (non-hydrogen) atoms. The fraction of sp³-hybridized carbons (Fsp3) is 0.333. The normalized spacial score (nSPS) is 10.8. The van der Waals surface area contributed by atoms with Crippen molar-refractivity contribution in [2.45, 2.75) is 6.54 Å². The zero-order valence-electron chi connectivity index (χ0n) is 7.75. The van der Waals surface area contributed by atoms with E-state index in [1.54, 1.807) is 31.4 Å². The van der Waals surface area contributed by atoms with Crippen LogP contribution in [0.5, 0.6) is 0 Å². The van der Waals surface area contributed by atoms with Crippen LogP contribution in [0.25, 0.3) is 0 Å². The molecule has 1 aromatic rings. The topological polar surface area (TPSA) is 38.5 Å². The standard InChI is InChI=1S/C9H13FN2O/c1-12(13-2)6-7-4-3-5-8(10)9(7)11/h3-5H,6,11H2,1-2H3. The van der Waals surface area contributed by atoms with E-state index in [1.807, 2.05) is 0 Å². The quantitative estimate of drug-likeness (QED) is 0.570. The van der Waals surface area contributed by atoms with Gasteiger partial charge in [0.2, 0.25) is 0 Å². The van der Waals surface area contributed by atoms with Crippen LogP contribution >= 0.6 is 0 Å². The molecule has 4 heteroatoms. The van der Waals surface area contributed by atoms with Crippen molar-refractivity contribution in [3.8, 4) is 0 Å². The molecule has 0 heterocycles. The summed E-state index contributed by atoms with van der Waals surface area (Å²) in [5.41, 5.74) is 6.44. The lowest BCUT2D eigenvalue weighted by molar-refractivity contribution is -0.116. The minimum atomic E-state index is -0.387. The van der Waals surface area contributed by atoms with Crippen molar-refractivity contribution >= 4 is 5.69 Å². The van der Waals surface area contributed by atoms with Gasteiger partial charge in [-0.1, -0.05) is 12.1 Å². The van der Waals surface area contributed by atoms with Crippen LogP contribution in [-0.4, -0.2) is 19.2 Å². The molecule has 0 fully saturated rings. The van der Waals surface area contributed by atoms with Crippen molar-refractivity contribution in [1.82, 2.24) is 5.06 Å². The molecule has 2 N–H and O–H groups in total. The number of benzene rings is 1. The van der Waals surface area contributed by atoms with Crippen molar-refractivity contribution in [1.29, 1.82) is 0 Å². The van der Waals surface area contributed by atoms with Gasteiger partial charge >= 0.3 is 0 Å². The number of hydrogen-bond acceptors (Lipinski definition) is 3. The lowest BCUT2D eigenvalue weighted by Crippen LogP contribution is -2.17. The summed E-state index contributed by atoms with van der Waals surface area (Å²) in [5, 5.41) is 1.57. The second-order valence-corrected chi connectivity index (χ2v) is 2.78. The molecule has 0 aliphatic carbocycles. The van der Waals surface area contributed by atoms with E-state index < -0.39 is 0 Å². The second-order valence-electron chi connectivity index (χ2n) is 2.78. The zero-order chi connectivity index (χ0) is 9.84. The lowest BCUT2D eigenvalue weighted by atomic mass is 10.2. The first-order valence-corrected chi connectivity index (χ1v) is 3.93. The molecule has 1 rings (SSSR count). The molecular weight excluding hydrogens is 171 g/mol. The van der Waals surface area contributed by atoms with Gasteiger partial charge in [0.15, 0.2) is 0 Å². The summed E-state index contributed by atoms with van der Waals surface area (Å²) in [6.45, 7) is 0.472. The van der Waals surface area contributed by atoms with Crippen molar-refractivity contribution < 1.29 is 9.23 Å². The minimum Gasteiger partial charge on any atom is -0.396 e. The van der Waals surface area contributed by atoms with Crippen LogP contribution in [0, 0.1) is 5.82 Å². The van der Waals surface area contributed by atoms with Crippen molar-refractivity contribution in [3.63, 3.8) is 0 Å². The summed E-state index contributed by atoms with van der Waals surface area (Å²) >= 11 is 0. The summed E-state index contributed by atoms with van der Waals surface area (Å²) in [4.78, 5) is 4.90. The zero-order valence-corrected chi connectivity index (χ0v) is 7.75. The number of hydrogen-bond donors (Lipinski definition) is 1. The molecule has 0 radical (unpaired) electrons. The molecule has 0 saturated carbocycles. The number of nitrogens with two attached hydrogens (primary N) is 1. The Hall–Kier alpha value is -1.13. The van der Waals surface area contributed by atoms with E-state index in [0.717, 1.165) is 5.56 Å². The maximum Gasteiger partial charge on any atom is 0.146 e. The Balaban J connectivity index is 2.83. The molecule has 0 aromatic heterocycles. The highest BCUT2D eigenvalue weighted by Gasteiger charge is 2.06. The van der Waals surface area contributed by atoms with Gasteiger partial charge in [-0.2, -0.15) is 5.06 Å². The maximum absolute atomic E-state index is 12.9. The Labute approximate surface area is 76.9 Å². The van der Waals surface area contributed by atoms with Gasteiger partial charge < -0.3 is 10.6 Å². The van der Waals surface area contributed by atoms with Crippen LogP contribution in [0.15, 0.2) is 18.2 Å². The van der Waals surface area contributed by atoms with Crippen LogP contribution in [0.2, 0.25) is 0 Å². The Morgan fingerprint density at radius 2 is 2.23 bits per heavy atom. The minimum absolute atomic E-state index is 0.186. The second kappa shape index (κ2) is 4.20. The third-order valence-corrected chi connectivity index (χ3v) is 1.85. The van der Waals surface area contributed by atoms with Gasteiger partial charge in [0.05, 0.1) is 19.3 Å². The molecule has 0 spiro atoms. The van der Waals surface area contributed by atoms with Gasteiger partial charge in [-0.15, -0.1) is 0 Å². The Morgan fingerprint density at radius 3 is 2.85 bits per heavy atom. The molecule has 72 valence electrons. The summed E-state index contributed by atoms with van der Waals surface area (Å²) in [7, 11) is 3.31. The molecule has 1 aromatic carbocycles. The highest BCUT2D eigenvalue weighted by atomic mass is 19.1. The van der Waals surface area contributed by atoms with Gasteiger partial charge in [-0.3, -0.25) is 0 Å². The maximum atomic E-state index is 12.9. The monoisotopic (exact) mass is 184 g/mol. The molecule has 0 amide bonds. The van der Waals surface area contributed by atoms with Crippen LogP contribution in [0.1, 0.15) is 5.56 Å². The number of nitrogens with zero attached hydrogens (tertiary/aromatic N) is 1. The average molecular weight is 184 g/mol. The average Bonchev–Trinajstić information content (AvgIpc) is 2.13. The molecule has 0 aliphatic rings. The summed E-state index contributed by atoms with van der Waals surface area (Å²) in [5.74, 6) is -0.387. The fourth-order valence-corrected chi connectivity index (χ4v) is 1.02. The predicted molar refractivity (Wildman–Crippen MR) is 49.3 cm³/mol. The first-order chi connectivity index (χ1) is 6.15. The van der Waals surface area contributed by atoms with E-state index >= 15 is 0 Å². The van der Waals surface area contributed by atoms with E-state index in [0.29, 0.717) is 6.54 Å². The largest absolute Gasteiger partial charge is 0.396 e. The Morgan fingerprint density at radius 1 is 1.54 bits per heavy atom. The number of rotatable bonds is 3. The van der Waals surface area contributed by atoms with E-state index in [2.05, 4.69) is 0 Å². The molecule has 0 aliphatic heterocycles. The first-order valence-electron chi connectivity index (χ1n) is 3.93. The molecule has 0 unspecified atom stereocenters. The first kappa shape index (κ1) is 9.95. The van der Waals surface area contributed by atoms with Gasteiger partial charge in [0, 0.05) is 7.05 Å². The number of nitrogen functional groups attached to an aromatic ring is 1. The highest BCUT2D eigenvalue weighted by molar-refractivity contribution is 5.47. The molecular formula is C9H13FN2O. The third-order valence-electron chi connectivity index (χ3n) is 1.85. The smallest absolute Gasteiger partial charge is 0.146 e. The number of para-hydroxylation sites is 1. The van der Waals surface area contributed by atoms with Gasteiger partial charge in [0.1, 0.15) is 5.82 Å². The Bertz CT molecular complexity index is 291. The molecule has 0 saturated heterocycles. The third kappa shape index (κ3) is 2.40. The SMILES string of the molecule is CON(C)Cc1cccc(F)c1N. The van der Waals surface area contributed by atoms with E-state index in [4.69, 9.17) is 10.6 Å². The molecule has 0 bridgehead atoms. The van der Waals surface area contributed by atoms with Crippen LogP contribution in [0.4, 0.5) is 10.1 Å². The van der Waals surface area contributed by atoms with E-state index in [-0.39, 0.29) is 11.5 Å². The van der Waals surface area contributed by atoms with Crippen LogP contribution in [0.3, 0.4) is 0 Å². The molecule has 3 nitrogen and oxygen atoms in total. The highest BCUT2D eigenvalue weighted by Crippen LogP contribution is 2.16. The summed E-state index contributed by atoms with van der Waals surface area (Å²) < 4.78 is 12.9. The summed E-state index contributed by atoms with van der Waals surface area (Å²) in [6, 6.07) is 4.74. The van der Waals surface area contributed by atoms with Gasteiger partial charge in [-0.05, 0) is 11.6 Å². The van der Waals surface area contributed by atoms with E-state index in [9.17, 15) is 4.39 Å². The lowest BCUT2D eigenvalue weighted by Gasteiger charge is -2.14. The molecule has 0 atom stereocenters. The van der Waals surface area contributed by atoms with Crippen LogP contribution in [-0.2, 0) is 11.4 Å². The predicted octanol–water partition coefficient (Wildman–Crippen LogP) is 1.40. The number of anilines is 1. The van der Waals surface area contributed by atoms with Crippen molar-refractivity contribution in [3.05, 3.63) is 29.6 Å². The van der Waals surface area contributed by atoms with Gasteiger partial charge in [-0.25, -0.2) is 4.39 Å². The van der Waals surface area contributed by atoms with E-state index in [1.165, 1.54) is 6.07 Å². The van der Waals surface area contributed by atoms with Crippen molar-refractivity contribution in [2.75, 3.05) is 19.9 Å².